The third-order valence-corrected chi connectivity index (χ3v) is 5.67. The molecule has 1 aliphatic rings. The van der Waals surface area contributed by atoms with Gasteiger partial charge in [-0.1, -0.05) is 31.4 Å². The summed E-state index contributed by atoms with van der Waals surface area (Å²) in [7, 11) is 2.09. The molecule has 1 saturated carbocycles. The molecule has 2 rings (SSSR count). The number of rotatable bonds is 5. The molecule has 0 aliphatic heterocycles. The minimum atomic E-state index is -0.682. The highest BCUT2D eigenvalue weighted by Crippen LogP contribution is 2.40. The van der Waals surface area contributed by atoms with Gasteiger partial charge in [0.2, 0.25) is 0 Å². The van der Waals surface area contributed by atoms with Gasteiger partial charge in [-0.25, -0.2) is 0 Å². The Bertz CT molecular complexity index is 480. The van der Waals surface area contributed by atoms with Crippen molar-refractivity contribution in [3.63, 3.8) is 0 Å². The second-order valence-electron chi connectivity index (χ2n) is 6.19. The lowest BCUT2D eigenvalue weighted by Crippen LogP contribution is -2.50. The maximum absolute atomic E-state index is 11.4. The van der Waals surface area contributed by atoms with E-state index in [1.807, 2.05) is 0 Å². The Hall–Kier alpha value is -0.620. The first-order valence-electron chi connectivity index (χ1n) is 7.65. The second kappa shape index (κ2) is 7.09. The van der Waals surface area contributed by atoms with E-state index in [1.165, 1.54) is 15.6 Å². The Balaban J connectivity index is 2.22. The number of benzene rings is 1. The highest BCUT2D eigenvalue weighted by Gasteiger charge is 2.40. The van der Waals surface area contributed by atoms with Crippen LogP contribution in [0.3, 0.4) is 0 Å². The monoisotopic (exact) mass is 401 g/mol. The molecule has 21 heavy (non-hydrogen) atoms. The van der Waals surface area contributed by atoms with Gasteiger partial charge in [0.15, 0.2) is 0 Å². The minimum Gasteiger partial charge on any atom is -0.481 e. The Morgan fingerprint density at radius 1 is 1.29 bits per heavy atom. The first kappa shape index (κ1) is 16.7. The standard InChI is InChI=1S/C17H24INO2/c1-13(14-6-8-15(18)9-7-14)19(2)17(12-16(20)21)10-4-3-5-11-17/h6-9,13H,3-5,10-12H2,1-2H3,(H,20,21). The molecule has 0 heterocycles. The second-order valence-corrected chi connectivity index (χ2v) is 7.44. The quantitative estimate of drug-likeness (QED) is 0.741. The molecule has 0 amide bonds. The molecule has 4 heteroatoms. The van der Waals surface area contributed by atoms with Crippen LogP contribution in [-0.2, 0) is 4.79 Å². The third kappa shape index (κ3) is 3.97. The van der Waals surface area contributed by atoms with Crippen LogP contribution >= 0.6 is 22.6 Å². The molecule has 1 aromatic rings. The van der Waals surface area contributed by atoms with Gasteiger partial charge >= 0.3 is 5.97 Å². The van der Waals surface area contributed by atoms with Gasteiger partial charge in [0.25, 0.3) is 0 Å². The zero-order valence-corrected chi connectivity index (χ0v) is 15.0. The van der Waals surface area contributed by atoms with E-state index in [9.17, 15) is 9.90 Å². The average molecular weight is 401 g/mol. The smallest absolute Gasteiger partial charge is 0.305 e. The maximum Gasteiger partial charge on any atom is 0.305 e. The summed E-state index contributed by atoms with van der Waals surface area (Å²) >= 11 is 2.31. The van der Waals surface area contributed by atoms with Crippen molar-refractivity contribution in [2.75, 3.05) is 7.05 Å². The van der Waals surface area contributed by atoms with Crippen molar-refractivity contribution >= 4 is 28.6 Å². The highest BCUT2D eigenvalue weighted by molar-refractivity contribution is 14.1. The lowest BCUT2D eigenvalue weighted by atomic mass is 9.77. The van der Waals surface area contributed by atoms with E-state index in [4.69, 9.17) is 0 Å². The lowest BCUT2D eigenvalue weighted by Gasteiger charge is -2.47. The predicted octanol–water partition coefficient (Wildman–Crippen LogP) is 4.46. The molecular weight excluding hydrogens is 377 g/mol. The van der Waals surface area contributed by atoms with E-state index in [2.05, 4.69) is 65.7 Å². The highest BCUT2D eigenvalue weighted by atomic mass is 127. The van der Waals surface area contributed by atoms with Crippen LogP contribution in [0.1, 0.15) is 57.1 Å². The lowest BCUT2D eigenvalue weighted by molar-refractivity contribution is -0.141. The van der Waals surface area contributed by atoms with Crippen LogP contribution in [0.5, 0.6) is 0 Å². The van der Waals surface area contributed by atoms with Crippen molar-refractivity contribution in [1.29, 1.82) is 0 Å². The van der Waals surface area contributed by atoms with Gasteiger partial charge in [0.05, 0.1) is 6.42 Å². The number of carboxylic acids is 1. The Morgan fingerprint density at radius 3 is 2.38 bits per heavy atom. The Labute approximate surface area is 140 Å². The summed E-state index contributed by atoms with van der Waals surface area (Å²) < 4.78 is 1.23. The van der Waals surface area contributed by atoms with Crippen molar-refractivity contribution in [3.8, 4) is 0 Å². The fourth-order valence-electron chi connectivity index (χ4n) is 3.52. The number of hydrogen-bond donors (Lipinski definition) is 1. The molecule has 1 aromatic carbocycles. The molecule has 1 aliphatic carbocycles. The molecule has 1 fully saturated rings. The average Bonchev–Trinajstić information content (AvgIpc) is 2.47. The number of carboxylic acid groups (broad SMARTS) is 1. The number of halogens is 1. The summed E-state index contributed by atoms with van der Waals surface area (Å²) in [5, 5.41) is 9.34. The molecule has 116 valence electrons. The first-order valence-corrected chi connectivity index (χ1v) is 8.73. The van der Waals surface area contributed by atoms with Gasteiger partial charge in [-0.2, -0.15) is 0 Å². The molecule has 0 bridgehead atoms. The van der Waals surface area contributed by atoms with Gasteiger partial charge in [-0.15, -0.1) is 0 Å². The summed E-state index contributed by atoms with van der Waals surface area (Å²) in [6.07, 6.45) is 5.73. The van der Waals surface area contributed by atoms with Crippen LogP contribution in [0.15, 0.2) is 24.3 Å². The van der Waals surface area contributed by atoms with Crippen molar-refractivity contribution in [3.05, 3.63) is 33.4 Å². The van der Waals surface area contributed by atoms with Crippen LogP contribution in [0.25, 0.3) is 0 Å². The molecule has 0 spiro atoms. The zero-order valence-electron chi connectivity index (χ0n) is 12.8. The van der Waals surface area contributed by atoms with E-state index in [1.54, 1.807) is 0 Å². The summed E-state index contributed by atoms with van der Waals surface area (Å²) in [5.41, 5.74) is 1.07. The first-order chi connectivity index (χ1) is 9.94. The van der Waals surface area contributed by atoms with Crippen LogP contribution in [0, 0.1) is 3.57 Å². The normalized spacial score (nSPS) is 19.4. The van der Waals surface area contributed by atoms with Crippen LogP contribution in [0.2, 0.25) is 0 Å². The largest absolute Gasteiger partial charge is 0.481 e. The molecule has 3 nitrogen and oxygen atoms in total. The molecule has 0 saturated heterocycles. The number of nitrogens with zero attached hydrogens (tertiary/aromatic N) is 1. The fraction of sp³-hybridized carbons (Fsp3) is 0.588. The zero-order chi connectivity index (χ0) is 15.5. The van der Waals surface area contributed by atoms with Crippen molar-refractivity contribution in [2.24, 2.45) is 0 Å². The summed E-state index contributed by atoms with van der Waals surface area (Å²) in [5.74, 6) is -0.682. The number of hydrogen-bond acceptors (Lipinski definition) is 2. The predicted molar refractivity (Wildman–Crippen MR) is 93.4 cm³/mol. The molecule has 0 radical (unpaired) electrons. The van der Waals surface area contributed by atoms with Gasteiger partial charge < -0.3 is 5.11 Å². The SMILES string of the molecule is CC(c1ccc(I)cc1)N(C)C1(CC(=O)O)CCCCC1. The maximum atomic E-state index is 11.4. The topological polar surface area (TPSA) is 40.5 Å². The van der Waals surface area contributed by atoms with Crippen LogP contribution < -0.4 is 0 Å². The molecule has 0 aromatic heterocycles. The third-order valence-electron chi connectivity index (χ3n) is 4.95. The summed E-state index contributed by atoms with van der Waals surface area (Å²) in [6.45, 7) is 2.18. The van der Waals surface area contributed by atoms with Gasteiger partial charge in [-0.3, -0.25) is 9.69 Å². The van der Waals surface area contributed by atoms with Crippen LogP contribution in [-0.4, -0.2) is 28.6 Å². The van der Waals surface area contributed by atoms with Crippen LogP contribution in [0.4, 0.5) is 0 Å². The Kier molecular flexibility index (Phi) is 5.66. The number of aliphatic carboxylic acids is 1. The summed E-state index contributed by atoms with van der Waals surface area (Å²) in [4.78, 5) is 13.7. The fourth-order valence-corrected chi connectivity index (χ4v) is 3.88. The van der Waals surface area contributed by atoms with E-state index in [0.717, 1.165) is 25.7 Å². The van der Waals surface area contributed by atoms with E-state index in [0.29, 0.717) is 0 Å². The van der Waals surface area contributed by atoms with Crippen molar-refractivity contribution in [2.45, 2.75) is 57.0 Å². The van der Waals surface area contributed by atoms with Crippen molar-refractivity contribution in [1.82, 2.24) is 4.90 Å². The van der Waals surface area contributed by atoms with E-state index in [-0.39, 0.29) is 18.0 Å². The van der Waals surface area contributed by atoms with E-state index < -0.39 is 5.97 Å². The Morgan fingerprint density at radius 2 is 1.86 bits per heavy atom. The minimum absolute atomic E-state index is 0.188. The molecular formula is C17H24INO2. The van der Waals surface area contributed by atoms with E-state index >= 15 is 0 Å². The van der Waals surface area contributed by atoms with Gasteiger partial charge in [-0.05, 0) is 67.1 Å². The number of carbonyl (C=O) groups is 1. The molecule has 1 atom stereocenters. The van der Waals surface area contributed by atoms with Gasteiger partial charge in [0.1, 0.15) is 0 Å². The molecule has 1 unspecified atom stereocenters. The summed E-state index contributed by atoms with van der Waals surface area (Å²) in [6, 6.07) is 8.77. The van der Waals surface area contributed by atoms with Gasteiger partial charge in [0, 0.05) is 15.2 Å². The van der Waals surface area contributed by atoms with Crippen molar-refractivity contribution < 1.29 is 9.90 Å². The molecule has 1 N–H and O–H groups in total.